The number of rotatable bonds is 5. The van der Waals surface area contributed by atoms with Crippen LogP contribution >= 0.6 is 11.6 Å². The zero-order valence-electron chi connectivity index (χ0n) is 23.2. The number of carbonyl (C=O) groups excluding carboxylic acids is 3. The van der Waals surface area contributed by atoms with Crippen molar-refractivity contribution in [3.05, 3.63) is 130 Å². The van der Waals surface area contributed by atoms with Gasteiger partial charge in [-0.25, -0.2) is 4.39 Å². The average molecular weight is 594 g/mol. The SMILES string of the molecule is COc1cccc([C@@H]2[C@H](C(=O)c3ccccc3Cl)N3c4ccc(F)cc4C=C[C@H]3C23C(=O)c2ccccc2C3=O)c1OC. The Labute approximate surface area is 252 Å². The molecule has 1 spiro atoms. The van der Waals surface area contributed by atoms with Crippen molar-refractivity contribution in [3.8, 4) is 11.5 Å². The van der Waals surface area contributed by atoms with E-state index in [9.17, 15) is 18.8 Å². The molecule has 0 saturated carbocycles. The molecule has 1 aliphatic carbocycles. The van der Waals surface area contributed by atoms with Gasteiger partial charge >= 0.3 is 0 Å². The molecule has 0 radical (unpaired) electrons. The van der Waals surface area contributed by atoms with E-state index in [0.29, 0.717) is 39.4 Å². The first-order valence-corrected chi connectivity index (χ1v) is 14.2. The molecule has 0 N–H and O–H groups in total. The van der Waals surface area contributed by atoms with Crippen LogP contribution in [0.4, 0.5) is 10.1 Å². The van der Waals surface area contributed by atoms with Gasteiger partial charge in [0.2, 0.25) is 0 Å². The normalized spacial score (nSPS) is 21.0. The molecule has 1 fully saturated rings. The minimum atomic E-state index is -1.76. The van der Waals surface area contributed by atoms with Crippen LogP contribution in [0.2, 0.25) is 5.02 Å². The molecule has 4 aromatic rings. The molecule has 0 amide bonds. The van der Waals surface area contributed by atoms with Crippen molar-refractivity contribution in [3.63, 3.8) is 0 Å². The fourth-order valence-corrected chi connectivity index (χ4v) is 7.50. The smallest absolute Gasteiger partial charge is 0.187 e. The molecule has 7 rings (SSSR count). The van der Waals surface area contributed by atoms with Gasteiger partial charge in [-0.2, -0.15) is 0 Å². The van der Waals surface area contributed by atoms with Crippen molar-refractivity contribution >= 4 is 40.7 Å². The van der Waals surface area contributed by atoms with E-state index in [4.69, 9.17) is 21.1 Å². The number of methoxy groups -OCH3 is 2. The molecule has 2 aliphatic heterocycles. The zero-order chi connectivity index (χ0) is 30.0. The summed E-state index contributed by atoms with van der Waals surface area (Å²) in [6.07, 6.45) is 3.45. The predicted molar refractivity (Wildman–Crippen MR) is 161 cm³/mol. The van der Waals surface area contributed by atoms with Gasteiger partial charge in [-0.05, 0) is 36.4 Å². The third-order valence-corrected chi connectivity index (χ3v) is 9.27. The standard InChI is InChI=1S/C35H25ClFNO5/c1-42-27-13-7-11-24(32(27)43-2)29-30(31(39)23-10-5-6-12-25(23)36)38-26-16-15-20(37)18-19(26)14-17-28(38)35(29)33(40)21-8-3-4-9-22(21)34(35)41/h3-18,28-30H,1-2H3/t28-,29+,30+/m0/s1. The van der Waals surface area contributed by atoms with Crippen LogP contribution in [0.15, 0.2) is 91.0 Å². The van der Waals surface area contributed by atoms with E-state index >= 15 is 0 Å². The second-order valence-corrected chi connectivity index (χ2v) is 11.2. The number of benzene rings is 4. The van der Waals surface area contributed by atoms with Gasteiger partial charge in [-0.1, -0.05) is 72.3 Å². The van der Waals surface area contributed by atoms with Crippen LogP contribution < -0.4 is 14.4 Å². The van der Waals surface area contributed by atoms with Crippen molar-refractivity contribution < 1.29 is 28.2 Å². The van der Waals surface area contributed by atoms with Crippen LogP contribution in [-0.4, -0.2) is 43.7 Å². The quantitative estimate of drug-likeness (QED) is 0.187. The monoisotopic (exact) mass is 593 g/mol. The lowest BCUT2D eigenvalue weighted by atomic mass is 9.64. The molecule has 0 bridgehead atoms. The Hall–Kier alpha value is -4.75. The largest absolute Gasteiger partial charge is 0.493 e. The maximum absolute atomic E-state index is 14.8. The van der Waals surface area contributed by atoms with Crippen LogP contribution in [0.5, 0.6) is 11.5 Å². The molecule has 0 unspecified atom stereocenters. The van der Waals surface area contributed by atoms with E-state index in [0.717, 1.165) is 0 Å². The number of fused-ring (bicyclic) bond motifs is 5. The number of carbonyl (C=O) groups is 3. The Balaban J connectivity index is 1.60. The Morgan fingerprint density at radius 3 is 2.26 bits per heavy atom. The van der Waals surface area contributed by atoms with Crippen molar-refractivity contribution in [2.75, 3.05) is 19.1 Å². The van der Waals surface area contributed by atoms with Crippen molar-refractivity contribution in [1.29, 1.82) is 0 Å². The molecule has 1 saturated heterocycles. The molecule has 43 heavy (non-hydrogen) atoms. The summed E-state index contributed by atoms with van der Waals surface area (Å²) < 4.78 is 25.9. The summed E-state index contributed by atoms with van der Waals surface area (Å²) in [4.78, 5) is 46.3. The average Bonchev–Trinajstić information content (AvgIpc) is 3.46. The zero-order valence-corrected chi connectivity index (χ0v) is 24.0. The van der Waals surface area contributed by atoms with Gasteiger partial charge in [-0.3, -0.25) is 14.4 Å². The number of ketones is 3. The Morgan fingerprint density at radius 1 is 0.884 bits per heavy atom. The highest BCUT2D eigenvalue weighted by atomic mass is 35.5. The van der Waals surface area contributed by atoms with Crippen molar-refractivity contribution in [2.24, 2.45) is 5.41 Å². The molecule has 4 aromatic carbocycles. The molecule has 3 atom stereocenters. The summed E-state index contributed by atoms with van der Waals surface area (Å²) >= 11 is 6.59. The van der Waals surface area contributed by atoms with Crippen LogP contribution in [0.1, 0.15) is 48.1 Å². The maximum Gasteiger partial charge on any atom is 0.187 e. The van der Waals surface area contributed by atoms with Gasteiger partial charge < -0.3 is 14.4 Å². The second-order valence-electron chi connectivity index (χ2n) is 10.8. The van der Waals surface area contributed by atoms with Gasteiger partial charge in [0, 0.05) is 39.4 Å². The Kier molecular flexibility index (Phi) is 6.25. The summed E-state index contributed by atoms with van der Waals surface area (Å²) in [7, 11) is 2.98. The number of Topliss-reactive ketones (excluding diaryl/α,β-unsaturated/α-hetero) is 3. The Bertz CT molecular complexity index is 1850. The number of nitrogens with zero attached hydrogens (tertiary/aromatic N) is 1. The summed E-state index contributed by atoms with van der Waals surface area (Å²) in [5.74, 6) is -1.95. The first-order valence-electron chi connectivity index (χ1n) is 13.8. The third-order valence-electron chi connectivity index (χ3n) is 8.94. The van der Waals surface area contributed by atoms with Gasteiger partial charge in [0.05, 0.1) is 25.3 Å². The highest BCUT2D eigenvalue weighted by Gasteiger charge is 2.72. The summed E-state index contributed by atoms with van der Waals surface area (Å²) in [5.41, 5.74) is 0.593. The number of anilines is 1. The fourth-order valence-electron chi connectivity index (χ4n) is 7.27. The summed E-state index contributed by atoms with van der Waals surface area (Å²) in [6.45, 7) is 0. The predicted octanol–water partition coefficient (Wildman–Crippen LogP) is 6.81. The minimum absolute atomic E-state index is 0.237. The highest BCUT2D eigenvalue weighted by Crippen LogP contribution is 2.62. The molecule has 8 heteroatoms. The van der Waals surface area contributed by atoms with Crippen molar-refractivity contribution in [1.82, 2.24) is 0 Å². The lowest BCUT2D eigenvalue weighted by Crippen LogP contribution is -2.48. The molecule has 0 aromatic heterocycles. The first-order chi connectivity index (χ1) is 20.8. The number of para-hydroxylation sites is 1. The number of ether oxygens (including phenoxy) is 2. The van der Waals surface area contributed by atoms with E-state index in [-0.39, 0.29) is 27.9 Å². The van der Waals surface area contributed by atoms with E-state index in [1.54, 1.807) is 89.8 Å². The molecule has 6 nitrogen and oxygen atoms in total. The fraction of sp³-hybridized carbons (Fsp3) is 0.171. The summed E-state index contributed by atoms with van der Waals surface area (Å²) in [5, 5.41) is 0.237. The summed E-state index contributed by atoms with van der Waals surface area (Å²) in [6, 6.07) is 20.9. The molecule has 3 aliphatic rings. The van der Waals surface area contributed by atoms with E-state index in [1.165, 1.54) is 26.4 Å². The topological polar surface area (TPSA) is 72.9 Å². The van der Waals surface area contributed by atoms with Crippen molar-refractivity contribution in [2.45, 2.75) is 18.0 Å². The molecular weight excluding hydrogens is 569 g/mol. The molecule has 214 valence electrons. The second kappa shape index (κ2) is 9.92. The third kappa shape index (κ3) is 3.61. The minimum Gasteiger partial charge on any atom is -0.493 e. The van der Waals surface area contributed by atoms with Gasteiger partial charge in [0.15, 0.2) is 28.8 Å². The van der Waals surface area contributed by atoms with Crippen LogP contribution in [-0.2, 0) is 0 Å². The lowest BCUT2D eigenvalue weighted by Gasteiger charge is -2.37. The van der Waals surface area contributed by atoms with Gasteiger partial charge in [-0.15, -0.1) is 0 Å². The van der Waals surface area contributed by atoms with E-state index in [1.807, 2.05) is 0 Å². The van der Waals surface area contributed by atoms with Crippen LogP contribution in [0, 0.1) is 11.2 Å². The first kappa shape index (κ1) is 27.1. The maximum atomic E-state index is 14.8. The van der Waals surface area contributed by atoms with E-state index < -0.39 is 29.2 Å². The molecule has 2 heterocycles. The molecular formula is C35H25ClFNO5. The van der Waals surface area contributed by atoms with E-state index in [2.05, 4.69) is 0 Å². The van der Waals surface area contributed by atoms with Crippen LogP contribution in [0.25, 0.3) is 6.08 Å². The number of halogens is 2. The number of hydrogen-bond acceptors (Lipinski definition) is 6. The lowest BCUT2D eigenvalue weighted by molar-refractivity contribution is 0.0664. The number of hydrogen-bond donors (Lipinski definition) is 0. The van der Waals surface area contributed by atoms with Gasteiger partial charge in [0.1, 0.15) is 17.3 Å². The highest BCUT2D eigenvalue weighted by molar-refractivity contribution is 6.35. The van der Waals surface area contributed by atoms with Crippen LogP contribution in [0.3, 0.4) is 0 Å². The van der Waals surface area contributed by atoms with Gasteiger partial charge in [0.25, 0.3) is 0 Å². The Morgan fingerprint density at radius 2 is 1.58 bits per heavy atom.